The first-order valence-electron chi connectivity index (χ1n) is 13.3. The number of methoxy groups -OCH3 is 1. The van der Waals surface area contributed by atoms with Crippen molar-refractivity contribution in [2.45, 2.75) is 78.6 Å². The van der Waals surface area contributed by atoms with Gasteiger partial charge in [-0.1, -0.05) is 45.9 Å². The number of fused-ring (bicyclic) bond motifs is 1. The van der Waals surface area contributed by atoms with Gasteiger partial charge in [-0.15, -0.1) is 0 Å². The van der Waals surface area contributed by atoms with E-state index in [2.05, 4.69) is 52.5 Å². The predicted molar refractivity (Wildman–Crippen MR) is 145 cm³/mol. The van der Waals surface area contributed by atoms with Gasteiger partial charge in [0, 0.05) is 37.2 Å². The van der Waals surface area contributed by atoms with E-state index in [0.29, 0.717) is 44.6 Å². The van der Waals surface area contributed by atoms with Crippen molar-refractivity contribution in [3.63, 3.8) is 0 Å². The van der Waals surface area contributed by atoms with Gasteiger partial charge in [-0.25, -0.2) is 4.98 Å². The van der Waals surface area contributed by atoms with Crippen LogP contribution in [0.2, 0.25) is 0 Å². The van der Waals surface area contributed by atoms with E-state index in [1.165, 1.54) is 0 Å². The van der Waals surface area contributed by atoms with Crippen LogP contribution >= 0.6 is 0 Å². The fourth-order valence-electron chi connectivity index (χ4n) is 5.60. The highest BCUT2D eigenvalue weighted by atomic mass is 16.5. The molecule has 0 saturated carbocycles. The van der Waals surface area contributed by atoms with E-state index in [1.54, 1.807) is 7.11 Å². The summed E-state index contributed by atoms with van der Waals surface area (Å²) in [7, 11) is 1.63. The van der Waals surface area contributed by atoms with Gasteiger partial charge in [-0.2, -0.15) is 5.26 Å². The molecule has 0 spiro atoms. The highest BCUT2D eigenvalue weighted by Gasteiger charge is 2.37. The smallest absolute Gasteiger partial charge is 0.227 e. The largest absolute Gasteiger partial charge is 0.496 e. The van der Waals surface area contributed by atoms with Gasteiger partial charge in [0.05, 0.1) is 43.0 Å². The lowest BCUT2D eigenvalue weighted by atomic mass is 9.86. The second-order valence-electron chi connectivity index (χ2n) is 11.5. The van der Waals surface area contributed by atoms with Crippen molar-refractivity contribution < 1.29 is 14.3 Å². The van der Waals surface area contributed by atoms with E-state index in [-0.39, 0.29) is 29.4 Å². The first kappa shape index (κ1) is 26.9. The summed E-state index contributed by atoms with van der Waals surface area (Å²) in [6.45, 7) is 15.1. The number of carbonyl (C=O) groups excluding carboxylic acids is 1. The van der Waals surface area contributed by atoms with Gasteiger partial charge in [0.1, 0.15) is 17.6 Å². The third kappa shape index (κ3) is 5.45. The zero-order chi connectivity index (χ0) is 26.9. The molecule has 0 N–H and O–H groups in total. The highest BCUT2D eigenvalue weighted by molar-refractivity contribution is 5.80. The van der Waals surface area contributed by atoms with Gasteiger partial charge in [0.2, 0.25) is 5.91 Å². The number of pyridine rings is 1. The standard InChI is InChI=1S/C30H40N4O3/c1-19(2)25-17-33(12-13-34(25)27(35)14-21-10-8-9-11-26(21)36-7)29-23(16-31)22-15-30(5,6)37-18-24(22)28(32-29)20(3)4/h8-11,19-20,25H,12-15,17-18H2,1-7H3. The summed E-state index contributed by atoms with van der Waals surface area (Å²) in [6, 6.07) is 10.2. The molecular weight excluding hydrogens is 464 g/mol. The first-order chi connectivity index (χ1) is 17.6. The average molecular weight is 505 g/mol. The lowest BCUT2D eigenvalue weighted by molar-refractivity contribution is -0.134. The van der Waals surface area contributed by atoms with E-state index in [0.717, 1.165) is 34.0 Å². The summed E-state index contributed by atoms with van der Waals surface area (Å²) < 4.78 is 11.6. The number of hydrogen-bond donors (Lipinski definition) is 0. The van der Waals surface area contributed by atoms with E-state index < -0.39 is 0 Å². The second kappa shape index (κ2) is 10.7. The molecule has 0 aliphatic carbocycles. The molecule has 7 nitrogen and oxygen atoms in total. The third-order valence-corrected chi connectivity index (χ3v) is 7.64. The van der Waals surface area contributed by atoms with Crippen LogP contribution in [0.25, 0.3) is 0 Å². The fraction of sp³-hybridized carbons (Fsp3) is 0.567. The number of para-hydroxylation sites is 1. The molecule has 1 aromatic heterocycles. The molecule has 7 heteroatoms. The number of benzene rings is 1. The Hall–Kier alpha value is -3.11. The monoisotopic (exact) mass is 504 g/mol. The number of carbonyl (C=O) groups is 1. The van der Waals surface area contributed by atoms with Crippen LogP contribution in [0.1, 0.15) is 75.4 Å². The van der Waals surface area contributed by atoms with E-state index in [4.69, 9.17) is 14.5 Å². The van der Waals surface area contributed by atoms with Crippen LogP contribution in [-0.4, -0.2) is 54.2 Å². The quantitative estimate of drug-likeness (QED) is 0.560. The van der Waals surface area contributed by atoms with Crippen LogP contribution in [0.5, 0.6) is 5.75 Å². The van der Waals surface area contributed by atoms with Gasteiger partial charge < -0.3 is 19.3 Å². The van der Waals surface area contributed by atoms with Gasteiger partial charge in [0.15, 0.2) is 0 Å². The number of amides is 1. The minimum Gasteiger partial charge on any atom is -0.496 e. The summed E-state index contributed by atoms with van der Waals surface area (Å²) in [6.07, 6.45) is 0.992. The molecule has 1 atom stereocenters. The van der Waals surface area contributed by atoms with E-state index >= 15 is 0 Å². The minimum atomic E-state index is -0.324. The zero-order valence-electron chi connectivity index (χ0n) is 23.3. The number of nitriles is 1. The van der Waals surface area contributed by atoms with Crippen molar-refractivity contribution in [2.75, 3.05) is 31.6 Å². The molecule has 1 aromatic carbocycles. The molecule has 0 radical (unpaired) electrons. The highest BCUT2D eigenvalue weighted by Crippen LogP contribution is 2.38. The first-order valence-corrected chi connectivity index (χ1v) is 13.3. The molecule has 1 unspecified atom stereocenters. The average Bonchev–Trinajstić information content (AvgIpc) is 2.86. The van der Waals surface area contributed by atoms with Gasteiger partial charge in [-0.05, 0) is 37.3 Å². The predicted octanol–water partition coefficient (Wildman–Crippen LogP) is 4.85. The topological polar surface area (TPSA) is 78.7 Å². The molecule has 0 bridgehead atoms. The minimum absolute atomic E-state index is 0.0163. The van der Waals surface area contributed by atoms with Gasteiger partial charge >= 0.3 is 0 Å². The number of piperazine rings is 1. The molecular formula is C30H40N4O3. The Morgan fingerprint density at radius 2 is 1.95 bits per heavy atom. The zero-order valence-corrected chi connectivity index (χ0v) is 23.3. The molecule has 1 saturated heterocycles. The summed E-state index contributed by atoms with van der Waals surface area (Å²) in [5, 5.41) is 10.3. The van der Waals surface area contributed by atoms with Crippen molar-refractivity contribution in [2.24, 2.45) is 5.92 Å². The van der Waals surface area contributed by atoms with E-state index in [9.17, 15) is 10.1 Å². The van der Waals surface area contributed by atoms with E-state index in [1.807, 2.05) is 29.2 Å². The van der Waals surface area contributed by atoms with Crippen LogP contribution in [0.4, 0.5) is 5.82 Å². The molecule has 1 amide bonds. The third-order valence-electron chi connectivity index (χ3n) is 7.64. The molecule has 4 rings (SSSR count). The Balaban J connectivity index is 1.65. The Kier molecular flexibility index (Phi) is 7.80. The van der Waals surface area contributed by atoms with Crippen LogP contribution in [0.3, 0.4) is 0 Å². The lowest BCUT2D eigenvalue weighted by Crippen LogP contribution is -2.58. The lowest BCUT2D eigenvalue weighted by Gasteiger charge is -2.45. The van der Waals surface area contributed by atoms with Crippen LogP contribution in [0.15, 0.2) is 24.3 Å². The van der Waals surface area contributed by atoms with Crippen molar-refractivity contribution >= 4 is 11.7 Å². The number of rotatable bonds is 6. The number of nitrogens with zero attached hydrogens (tertiary/aromatic N) is 4. The molecule has 3 heterocycles. The number of aromatic nitrogens is 1. The number of hydrogen-bond acceptors (Lipinski definition) is 6. The van der Waals surface area contributed by atoms with Gasteiger partial charge in [-0.3, -0.25) is 4.79 Å². The summed E-state index contributed by atoms with van der Waals surface area (Å²) in [5.74, 6) is 2.06. The number of anilines is 1. The Morgan fingerprint density at radius 1 is 1.22 bits per heavy atom. The summed E-state index contributed by atoms with van der Waals surface area (Å²) >= 11 is 0. The second-order valence-corrected chi connectivity index (χ2v) is 11.5. The maximum Gasteiger partial charge on any atom is 0.227 e. The van der Waals surface area contributed by atoms with Crippen LogP contribution in [0, 0.1) is 17.2 Å². The summed E-state index contributed by atoms with van der Waals surface area (Å²) in [5.41, 5.74) is 4.39. The van der Waals surface area contributed by atoms with Gasteiger partial charge in [0.25, 0.3) is 0 Å². The van der Waals surface area contributed by atoms with Crippen LogP contribution < -0.4 is 9.64 Å². The Bertz CT molecular complexity index is 1200. The van der Waals surface area contributed by atoms with Crippen molar-refractivity contribution in [1.82, 2.24) is 9.88 Å². The van der Waals surface area contributed by atoms with Crippen molar-refractivity contribution in [1.29, 1.82) is 5.26 Å². The molecule has 2 aliphatic rings. The fourth-order valence-corrected chi connectivity index (χ4v) is 5.60. The molecule has 198 valence electrons. The number of ether oxygens (including phenoxy) is 2. The maximum atomic E-state index is 13.5. The SMILES string of the molecule is COc1ccccc1CC(=O)N1CCN(c2nc(C(C)C)c3c(c2C#N)CC(C)(C)OC3)CC1C(C)C. The van der Waals surface area contributed by atoms with Crippen LogP contribution in [-0.2, 0) is 29.0 Å². The van der Waals surface area contributed by atoms with Crippen molar-refractivity contribution in [3.8, 4) is 11.8 Å². The normalized spacial score (nSPS) is 19.1. The van der Waals surface area contributed by atoms with Crippen molar-refractivity contribution in [3.05, 3.63) is 52.2 Å². The molecule has 37 heavy (non-hydrogen) atoms. The maximum absolute atomic E-state index is 13.5. The summed E-state index contributed by atoms with van der Waals surface area (Å²) in [4.78, 5) is 22.8. The Morgan fingerprint density at radius 3 is 2.59 bits per heavy atom. The molecule has 2 aliphatic heterocycles. The Labute approximate surface area is 221 Å². The molecule has 2 aromatic rings. The molecule has 1 fully saturated rings.